The largest absolute Gasteiger partial charge is 0.375 e. The first kappa shape index (κ1) is 19.4. The Hall–Kier alpha value is -2.39. The molecule has 9 heteroatoms. The van der Waals surface area contributed by atoms with Crippen molar-refractivity contribution in [1.82, 2.24) is 20.0 Å². The van der Waals surface area contributed by atoms with Crippen molar-refractivity contribution in [3.05, 3.63) is 52.6 Å². The molecule has 6 nitrogen and oxygen atoms in total. The van der Waals surface area contributed by atoms with Gasteiger partial charge in [-0.1, -0.05) is 0 Å². The minimum absolute atomic E-state index is 0.0217. The molecule has 1 aliphatic rings. The van der Waals surface area contributed by atoms with E-state index in [1.54, 1.807) is 0 Å². The summed E-state index contributed by atoms with van der Waals surface area (Å²) in [6, 6.07) is 3.58. The average molecular weight is 382 g/mol. The van der Waals surface area contributed by atoms with Crippen LogP contribution >= 0.6 is 0 Å². The average Bonchev–Trinajstić information content (AvgIpc) is 2.92. The summed E-state index contributed by atoms with van der Waals surface area (Å²) in [6.45, 7) is 1.92. The molecule has 0 atom stereocenters. The summed E-state index contributed by atoms with van der Waals surface area (Å²) in [7, 11) is 1.44. The maximum atomic E-state index is 13.9. The van der Waals surface area contributed by atoms with Crippen LogP contribution in [0.15, 0.2) is 18.2 Å². The van der Waals surface area contributed by atoms with E-state index in [0.29, 0.717) is 25.3 Å². The van der Waals surface area contributed by atoms with Gasteiger partial charge in [0, 0.05) is 38.9 Å². The van der Waals surface area contributed by atoms with Crippen LogP contribution in [0.4, 0.5) is 13.2 Å². The Bertz CT molecular complexity index is 825. The zero-order valence-corrected chi connectivity index (χ0v) is 15.0. The molecule has 0 saturated heterocycles. The molecule has 1 aromatic carbocycles. The van der Waals surface area contributed by atoms with E-state index in [2.05, 4.69) is 10.4 Å². The lowest BCUT2D eigenvalue weighted by Crippen LogP contribution is -2.26. The van der Waals surface area contributed by atoms with Crippen LogP contribution in [-0.4, -0.2) is 40.8 Å². The molecule has 0 fully saturated rings. The van der Waals surface area contributed by atoms with Gasteiger partial charge in [0.1, 0.15) is 12.4 Å². The van der Waals surface area contributed by atoms with E-state index in [0.717, 1.165) is 24.2 Å². The Morgan fingerprint density at radius 3 is 2.81 bits per heavy atom. The predicted molar refractivity (Wildman–Crippen MR) is 91.0 cm³/mol. The molecule has 1 aliphatic heterocycles. The third kappa shape index (κ3) is 4.67. The van der Waals surface area contributed by atoms with Gasteiger partial charge in [0.2, 0.25) is 5.91 Å². The van der Waals surface area contributed by atoms with Gasteiger partial charge >= 0.3 is 0 Å². The van der Waals surface area contributed by atoms with Gasteiger partial charge in [-0.05, 0) is 24.6 Å². The topological polar surface area (TPSA) is 59.4 Å². The lowest BCUT2D eigenvalue weighted by atomic mass is 10.1. The Morgan fingerprint density at radius 2 is 2.04 bits per heavy atom. The third-order valence-corrected chi connectivity index (χ3v) is 4.41. The number of hydrogen-bond acceptors (Lipinski definition) is 4. The molecule has 1 amide bonds. The molecule has 0 spiro atoms. The summed E-state index contributed by atoms with van der Waals surface area (Å²) in [5, 5.41) is 7.16. The highest BCUT2D eigenvalue weighted by molar-refractivity contribution is 5.77. The van der Waals surface area contributed by atoms with E-state index in [1.165, 1.54) is 7.11 Å². The number of hydrogen-bond donors (Lipinski definition) is 1. The highest BCUT2D eigenvalue weighted by Gasteiger charge is 2.21. The van der Waals surface area contributed by atoms with Gasteiger partial charge < -0.3 is 10.1 Å². The first-order valence-corrected chi connectivity index (χ1v) is 8.64. The SMILES string of the molecule is COCC(=O)NCc1cc2n(n1)CCCN(Cc1c(F)ccc(F)c1F)C2. The number of fused-ring (bicyclic) bond motifs is 1. The number of carbonyl (C=O) groups excluding carboxylic acids is 1. The first-order chi connectivity index (χ1) is 13.0. The van der Waals surface area contributed by atoms with Crippen molar-refractivity contribution in [2.75, 3.05) is 20.3 Å². The second-order valence-electron chi connectivity index (χ2n) is 6.45. The highest BCUT2D eigenvalue weighted by atomic mass is 19.2. The number of aryl methyl sites for hydroxylation is 1. The molecule has 0 saturated carbocycles. The van der Waals surface area contributed by atoms with Gasteiger partial charge in [0.15, 0.2) is 11.6 Å². The van der Waals surface area contributed by atoms with E-state index in [9.17, 15) is 18.0 Å². The highest BCUT2D eigenvalue weighted by Crippen LogP contribution is 2.21. The van der Waals surface area contributed by atoms with Gasteiger partial charge in [0.05, 0.1) is 17.9 Å². The lowest BCUT2D eigenvalue weighted by Gasteiger charge is -2.20. The smallest absolute Gasteiger partial charge is 0.246 e. The molecule has 1 N–H and O–H groups in total. The van der Waals surface area contributed by atoms with Crippen LogP contribution in [0, 0.1) is 17.5 Å². The summed E-state index contributed by atoms with van der Waals surface area (Å²) in [5.74, 6) is -3.19. The third-order valence-electron chi connectivity index (χ3n) is 4.41. The summed E-state index contributed by atoms with van der Waals surface area (Å²) < 4.78 is 47.9. The van der Waals surface area contributed by atoms with Crippen molar-refractivity contribution in [1.29, 1.82) is 0 Å². The predicted octanol–water partition coefficient (Wildman–Crippen LogP) is 1.97. The number of halogens is 3. The first-order valence-electron chi connectivity index (χ1n) is 8.64. The fourth-order valence-corrected chi connectivity index (χ4v) is 3.12. The lowest BCUT2D eigenvalue weighted by molar-refractivity contribution is -0.124. The van der Waals surface area contributed by atoms with E-state index in [4.69, 9.17) is 4.74 Å². The Balaban J connectivity index is 1.69. The molecule has 0 bridgehead atoms. The number of rotatable bonds is 6. The summed E-state index contributed by atoms with van der Waals surface area (Å²) in [5.41, 5.74) is 1.30. The second-order valence-corrected chi connectivity index (χ2v) is 6.45. The molecule has 27 heavy (non-hydrogen) atoms. The molecule has 0 unspecified atom stereocenters. The number of nitrogens with zero attached hydrogens (tertiary/aromatic N) is 3. The van der Waals surface area contributed by atoms with Crippen molar-refractivity contribution >= 4 is 5.91 Å². The standard InChI is InChI=1S/C18H21F3N4O2/c1-27-11-17(26)22-8-12-7-13-9-24(5-2-6-25(13)23-12)10-14-15(19)3-4-16(20)18(14)21/h3-4,7H,2,5-6,8-11H2,1H3,(H,22,26). The number of methoxy groups -OCH3 is 1. The summed E-state index contributed by atoms with van der Waals surface area (Å²) in [4.78, 5) is 13.3. The maximum Gasteiger partial charge on any atom is 0.246 e. The van der Waals surface area contributed by atoms with Crippen molar-refractivity contribution in [3.63, 3.8) is 0 Å². The molecule has 0 aliphatic carbocycles. The number of amides is 1. The molecule has 0 radical (unpaired) electrons. The van der Waals surface area contributed by atoms with E-state index in [-0.39, 0.29) is 31.2 Å². The van der Waals surface area contributed by atoms with Crippen molar-refractivity contribution < 1.29 is 22.7 Å². The van der Waals surface area contributed by atoms with Crippen LogP contribution in [0.25, 0.3) is 0 Å². The van der Waals surface area contributed by atoms with Crippen LogP contribution < -0.4 is 5.32 Å². The van der Waals surface area contributed by atoms with Gasteiger partial charge in [-0.15, -0.1) is 0 Å². The number of benzene rings is 1. The number of ether oxygens (including phenoxy) is 1. The number of nitrogens with one attached hydrogen (secondary N) is 1. The molecule has 3 rings (SSSR count). The molecule has 146 valence electrons. The Labute approximate surface area is 154 Å². The van der Waals surface area contributed by atoms with Crippen LogP contribution in [0.5, 0.6) is 0 Å². The minimum atomic E-state index is -1.14. The fraction of sp³-hybridized carbons (Fsp3) is 0.444. The molecule has 2 heterocycles. The normalized spacial score (nSPS) is 14.7. The molecular weight excluding hydrogens is 361 g/mol. The zero-order chi connectivity index (χ0) is 19.4. The Morgan fingerprint density at radius 1 is 1.26 bits per heavy atom. The van der Waals surface area contributed by atoms with Gasteiger partial charge in [-0.3, -0.25) is 14.4 Å². The van der Waals surface area contributed by atoms with Crippen LogP contribution in [0.1, 0.15) is 23.4 Å². The Kier molecular flexibility index (Phi) is 6.12. The number of carbonyl (C=O) groups is 1. The van der Waals surface area contributed by atoms with Crippen molar-refractivity contribution in [2.24, 2.45) is 0 Å². The van der Waals surface area contributed by atoms with Crippen molar-refractivity contribution in [3.8, 4) is 0 Å². The second kappa shape index (κ2) is 8.53. The molecular formula is C18H21F3N4O2. The van der Waals surface area contributed by atoms with E-state index < -0.39 is 17.5 Å². The maximum absolute atomic E-state index is 13.9. The van der Waals surface area contributed by atoms with Gasteiger partial charge in [0.25, 0.3) is 0 Å². The van der Waals surface area contributed by atoms with E-state index >= 15 is 0 Å². The quantitative estimate of drug-likeness (QED) is 0.776. The van der Waals surface area contributed by atoms with Crippen LogP contribution in [-0.2, 0) is 35.7 Å². The summed E-state index contributed by atoms with van der Waals surface area (Å²) >= 11 is 0. The van der Waals surface area contributed by atoms with E-state index in [1.807, 2.05) is 15.6 Å². The fourth-order valence-electron chi connectivity index (χ4n) is 3.12. The number of aromatic nitrogens is 2. The zero-order valence-electron chi connectivity index (χ0n) is 15.0. The summed E-state index contributed by atoms with van der Waals surface area (Å²) in [6.07, 6.45) is 0.739. The van der Waals surface area contributed by atoms with Gasteiger partial charge in [-0.2, -0.15) is 5.10 Å². The molecule has 1 aromatic heterocycles. The van der Waals surface area contributed by atoms with Crippen LogP contribution in [0.3, 0.4) is 0 Å². The molecule has 2 aromatic rings. The van der Waals surface area contributed by atoms with Crippen LogP contribution in [0.2, 0.25) is 0 Å². The van der Waals surface area contributed by atoms with Gasteiger partial charge in [-0.25, -0.2) is 13.2 Å². The monoisotopic (exact) mass is 382 g/mol. The van der Waals surface area contributed by atoms with Crippen molar-refractivity contribution in [2.45, 2.75) is 32.6 Å². The minimum Gasteiger partial charge on any atom is -0.375 e.